The molecular formula is C24H34FNO4. The molecule has 2 unspecified atom stereocenters. The molecule has 6 heteroatoms. The van der Waals surface area contributed by atoms with Gasteiger partial charge in [-0.05, 0) is 54.4 Å². The number of carboxylic acid groups (broad SMARTS) is 1. The molecule has 0 amide bonds. The fourth-order valence-electron chi connectivity index (χ4n) is 4.63. The topological polar surface area (TPSA) is 59.0 Å². The van der Waals surface area contributed by atoms with Gasteiger partial charge >= 0.3 is 0 Å². The predicted molar refractivity (Wildman–Crippen MR) is 116 cm³/mol. The molecule has 2 aliphatic heterocycles. The van der Waals surface area contributed by atoms with Gasteiger partial charge in [-0.25, -0.2) is 4.39 Å². The lowest BCUT2D eigenvalue weighted by Gasteiger charge is -2.46. The van der Waals surface area contributed by atoms with E-state index in [9.17, 15) is 4.39 Å². The van der Waals surface area contributed by atoms with Crippen LogP contribution >= 0.6 is 0 Å². The summed E-state index contributed by atoms with van der Waals surface area (Å²) >= 11 is 0. The first kappa shape index (κ1) is 24.0. The van der Waals surface area contributed by atoms with Crippen LogP contribution in [0.25, 0.3) is 0 Å². The Bertz CT molecular complexity index is 779. The molecule has 1 N–H and O–H groups in total. The maximum atomic E-state index is 12.7. The van der Waals surface area contributed by atoms with Crippen molar-refractivity contribution in [2.45, 2.75) is 46.1 Å². The maximum absolute atomic E-state index is 12.7. The number of aliphatic carboxylic acids is 1. The smallest absolute Gasteiger partial charge is 0.300 e. The van der Waals surface area contributed by atoms with Gasteiger partial charge in [0.25, 0.3) is 5.97 Å². The molecule has 0 bridgehead atoms. The van der Waals surface area contributed by atoms with Crippen molar-refractivity contribution in [1.82, 2.24) is 4.90 Å². The minimum atomic E-state index is -0.833. The first-order chi connectivity index (χ1) is 14.3. The molecule has 1 aromatic carbocycles. The SMILES string of the molecule is CC(=O)O.COc1cc2c(cc1OC)[C@H]1CC(C#CCF)C(CC(C)C)CN1CC2. The summed E-state index contributed by atoms with van der Waals surface area (Å²) in [5.74, 6) is 8.09. The molecule has 2 aliphatic rings. The molecule has 1 saturated heterocycles. The lowest BCUT2D eigenvalue weighted by Crippen LogP contribution is -2.46. The van der Waals surface area contributed by atoms with Gasteiger partial charge in [0, 0.05) is 32.0 Å². The zero-order valence-electron chi connectivity index (χ0n) is 18.7. The summed E-state index contributed by atoms with van der Waals surface area (Å²) in [6.45, 7) is 7.15. The monoisotopic (exact) mass is 419 g/mol. The minimum Gasteiger partial charge on any atom is -0.493 e. The molecule has 0 saturated carbocycles. The van der Waals surface area contributed by atoms with Crippen LogP contribution in [-0.2, 0) is 11.2 Å². The number of halogens is 1. The van der Waals surface area contributed by atoms with Crippen LogP contribution < -0.4 is 9.47 Å². The second kappa shape index (κ2) is 11.2. The van der Waals surface area contributed by atoms with Gasteiger partial charge < -0.3 is 14.6 Å². The molecule has 0 aromatic heterocycles. The Morgan fingerprint density at radius 2 is 1.93 bits per heavy atom. The highest BCUT2D eigenvalue weighted by Crippen LogP contribution is 2.45. The normalized spacial score (nSPS) is 22.6. The second-order valence-corrected chi connectivity index (χ2v) is 8.37. The Morgan fingerprint density at radius 3 is 2.50 bits per heavy atom. The van der Waals surface area contributed by atoms with E-state index in [0.717, 1.165) is 50.8 Å². The lowest BCUT2D eigenvalue weighted by molar-refractivity contribution is -0.134. The highest BCUT2D eigenvalue weighted by molar-refractivity contribution is 5.63. The predicted octanol–water partition coefficient (Wildman–Crippen LogP) is 4.35. The third-order valence-corrected chi connectivity index (χ3v) is 5.76. The summed E-state index contributed by atoms with van der Waals surface area (Å²) < 4.78 is 23.7. The standard InChI is InChI=1S/C22H30FNO2.C2H4O2/c1-15(2)10-18-14-24-9-7-17-12-21(25-3)22(26-4)13-19(17)20(24)11-16(18)6-5-8-23;1-2(3)4/h12-13,15-16,18,20H,7-11,14H2,1-4H3;1H3,(H,3,4)/t16?,18?,20-;/m1./s1. The van der Waals surface area contributed by atoms with E-state index in [0.29, 0.717) is 17.9 Å². The number of nitrogens with zero attached hydrogens (tertiary/aromatic N) is 1. The summed E-state index contributed by atoms with van der Waals surface area (Å²) in [7, 11) is 3.36. The van der Waals surface area contributed by atoms with Gasteiger partial charge in [0.15, 0.2) is 11.5 Å². The lowest BCUT2D eigenvalue weighted by atomic mass is 9.74. The number of rotatable bonds is 4. The summed E-state index contributed by atoms with van der Waals surface area (Å²) in [6, 6.07) is 4.59. The van der Waals surface area contributed by atoms with Crippen molar-refractivity contribution in [2.24, 2.45) is 17.8 Å². The van der Waals surface area contributed by atoms with E-state index < -0.39 is 12.6 Å². The summed E-state index contributed by atoms with van der Waals surface area (Å²) in [5.41, 5.74) is 2.66. The Kier molecular flexibility index (Phi) is 8.98. The number of benzene rings is 1. The highest BCUT2D eigenvalue weighted by Gasteiger charge is 2.38. The number of methoxy groups -OCH3 is 2. The molecule has 1 fully saturated rings. The average Bonchev–Trinajstić information content (AvgIpc) is 2.70. The molecule has 5 nitrogen and oxygen atoms in total. The zero-order chi connectivity index (χ0) is 22.3. The summed E-state index contributed by atoms with van der Waals surface area (Å²) in [5, 5.41) is 7.42. The molecule has 0 radical (unpaired) electrons. The molecule has 2 heterocycles. The van der Waals surface area contributed by atoms with Crippen molar-refractivity contribution in [3.63, 3.8) is 0 Å². The van der Waals surface area contributed by atoms with E-state index in [1.807, 2.05) is 0 Å². The van der Waals surface area contributed by atoms with Crippen molar-refractivity contribution in [3.05, 3.63) is 23.3 Å². The first-order valence-electron chi connectivity index (χ1n) is 10.5. The fraction of sp³-hybridized carbons (Fsp3) is 0.625. The quantitative estimate of drug-likeness (QED) is 0.736. The van der Waals surface area contributed by atoms with Crippen LogP contribution in [0.15, 0.2) is 12.1 Å². The Balaban J connectivity index is 0.000000735. The molecule has 0 aliphatic carbocycles. The van der Waals surface area contributed by atoms with E-state index in [4.69, 9.17) is 19.4 Å². The zero-order valence-corrected chi connectivity index (χ0v) is 18.7. The molecule has 3 rings (SSSR count). The third-order valence-electron chi connectivity index (χ3n) is 5.76. The van der Waals surface area contributed by atoms with Crippen LogP contribution in [-0.4, -0.2) is 50.0 Å². The number of fused-ring (bicyclic) bond motifs is 3. The minimum absolute atomic E-state index is 0.258. The number of carboxylic acids is 1. The average molecular weight is 420 g/mol. The molecule has 0 spiro atoms. The van der Waals surface area contributed by atoms with Crippen LogP contribution in [0.5, 0.6) is 11.5 Å². The molecule has 3 atom stereocenters. The number of hydrogen-bond donors (Lipinski definition) is 1. The van der Waals surface area contributed by atoms with Gasteiger partial charge in [0.05, 0.1) is 14.2 Å². The van der Waals surface area contributed by atoms with Crippen LogP contribution in [0.1, 0.15) is 50.8 Å². The van der Waals surface area contributed by atoms with Crippen molar-refractivity contribution in [1.29, 1.82) is 0 Å². The van der Waals surface area contributed by atoms with Crippen molar-refractivity contribution in [2.75, 3.05) is 34.0 Å². The molecule has 1 aromatic rings. The number of hydrogen-bond acceptors (Lipinski definition) is 4. The van der Waals surface area contributed by atoms with Crippen LogP contribution in [0.3, 0.4) is 0 Å². The van der Waals surface area contributed by atoms with Gasteiger partial charge in [0.1, 0.15) is 6.67 Å². The van der Waals surface area contributed by atoms with Crippen molar-refractivity contribution >= 4 is 5.97 Å². The Labute approximate surface area is 179 Å². The van der Waals surface area contributed by atoms with E-state index in [1.54, 1.807) is 14.2 Å². The van der Waals surface area contributed by atoms with Gasteiger partial charge in [-0.2, -0.15) is 0 Å². The Morgan fingerprint density at radius 1 is 1.30 bits per heavy atom. The van der Waals surface area contributed by atoms with Gasteiger partial charge in [0.2, 0.25) is 0 Å². The molecular weight excluding hydrogens is 385 g/mol. The summed E-state index contributed by atoms with van der Waals surface area (Å²) in [6.07, 6.45) is 3.14. The number of carbonyl (C=O) groups is 1. The highest BCUT2D eigenvalue weighted by atomic mass is 19.1. The van der Waals surface area contributed by atoms with Gasteiger partial charge in [-0.3, -0.25) is 9.69 Å². The molecule has 30 heavy (non-hydrogen) atoms. The number of piperidine rings is 1. The molecule has 166 valence electrons. The van der Waals surface area contributed by atoms with Crippen LogP contribution in [0, 0.1) is 29.6 Å². The van der Waals surface area contributed by atoms with E-state index >= 15 is 0 Å². The number of alkyl halides is 1. The third kappa shape index (κ3) is 6.12. The van der Waals surface area contributed by atoms with Gasteiger partial charge in [-0.1, -0.05) is 25.7 Å². The summed E-state index contributed by atoms with van der Waals surface area (Å²) in [4.78, 5) is 11.6. The first-order valence-corrected chi connectivity index (χ1v) is 10.5. The largest absolute Gasteiger partial charge is 0.493 e. The maximum Gasteiger partial charge on any atom is 0.300 e. The van der Waals surface area contributed by atoms with Crippen molar-refractivity contribution < 1.29 is 23.8 Å². The Hall–Kier alpha value is -2.26. The van der Waals surface area contributed by atoms with Crippen molar-refractivity contribution in [3.8, 4) is 23.3 Å². The fourth-order valence-corrected chi connectivity index (χ4v) is 4.63. The second-order valence-electron chi connectivity index (χ2n) is 8.37. The van der Waals surface area contributed by atoms with Crippen LogP contribution in [0.4, 0.5) is 4.39 Å². The van der Waals surface area contributed by atoms with Crippen LogP contribution in [0.2, 0.25) is 0 Å². The van der Waals surface area contributed by atoms with Gasteiger partial charge in [-0.15, -0.1) is 0 Å². The van der Waals surface area contributed by atoms with E-state index in [-0.39, 0.29) is 5.92 Å². The number of ether oxygens (including phenoxy) is 2. The van der Waals surface area contributed by atoms with E-state index in [1.165, 1.54) is 11.1 Å². The van der Waals surface area contributed by atoms with E-state index in [2.05, 4.69) is 42.7 Å².